The molecule has 2 atom stereocenters. The first-order valence-electron chi connectivity index (χ1n) is 8.22. The van der Waals surface area contributed by atoms with Gasteiger partial charge in [-0.25, -0.2) is 9.38 Å². The van der Waals surface area contributed by atoms with Gasteiger partial charge in [0.05, 0.1) is 12.2 Å². The third kappa shape index (κ3) is 5.03. The molecular weight excluding hydrogens is 418 g/mol. The van der Waals surface area contributed by atoms with Gasteiger partial charge in [0, 0.05) is 10.6 Å². The number of aliphatic hydroxyl groups is 1. The van der Waals surface area contributed by atoms with Gasteiger partial charge in [-0.1, -0.05) is 23.7 Å². The van der Waals surface area contributed by atoms with Gasteiger partial charge in [0.15, 0.2) is 6.17 Å². The average molecular weight is 432 g/mol. The Morgan fingerprint density at radius 2 is 2.07 bits per heavy atom. The minimum atomic E-state index is -4.52. The molecule has 11 heteroatoms. The van der Waals surface area contributed by atoms with E-state index in [1.807, 2.05) is 0 Å². The number of halogens is 5. The van der Waals surface area contributed by atoms with Gasteiger partial charge in [0.2, 0.25) is 5.90 Å². The summed E-state index contributed by atoms with van der Waals surface area (Å²) >= 11 is 5.72. The number of hydroxylamine groups is 1. The predicted octanol–water partition coefficient (Wildman–Crippen LogP) is 3.22. The molecule has 0 bridgehead atoms. The van der Waals surface area contributed by atoms with E-state index < -0.39 is 42.3 Å². The first kappa shape index (κ1) is 21.0. The molecule has 1 amide bonds. The van der Waals surface area contributed by atoms with Gasteiger partial charge in [0.1, 0.15) is 11.9 Å². The number of amides is 1. The van der Waals surface area contributed by atoms with Crippen LogP contribution in [0.2, 0.25) is 5.02 Å². The van der Waals surface area contributed by atoms with E-state index in [1.165, 1.54) is 18.2 Å². The summed E-state index contributed by atoms with van der Waals surface area (Å²) in [5, 5.41) is 12.0. The number of carbonyl (C=O) groups is 1. The Bertz CT molecular complexity index is 932. The van der Waals surface area contributed by atoms with Crippen LogP contribution >= 0.6 is 11.6 Å². The summed E-state index contributed by atoms with van der Waals surface area (Å²) in [7, 11) is 0. The van der Waals surface area contributed by atoms with Crippen LogP contribution in [0.5, 0.6) is 0 Å². The summed E-state index contributed by atoms with van der Waals surface area (Å²) in [5.41, 5.74) is 1.67. The molecule has 0 saturated carbocycles. The summed E-state index contributed by atoms with van der Waals surface area (Å²) in [4.78, 5) is 21.5. The first-order valence-corrected chi connectivity index (χ1v) is 8.60. The lowest BCUT2D eigenvalue weighted by Gasteiger charge is -2.15. The first-order chi connectivity index (χ1) is 13.7. The lowest BCUT2D eigenvalue weighted by Crippen LogP contribution is -2.44. The van der Waals surface area contributed by atoms with Crippen LogP contribution in [0, 0.1) is 5.82 Å². The Morgan fingerprint density at radius 1 is 1.31 bits per heavy atom. The Balaban J connectivity index is 1.76. The minimum Gasteiger partial charge on any atom is -0.394 e. The molecule has 3 rings (SSSR count). The van der Waals surface area contributed by atoms with Crippen molar-refractivity contribution in [1.82, 2.24) is 10.8 Å². The molecule has 0 spiro atoms. The van der Waals surface area contributed by atoms with Gasteiger partial charge in [0.25, 0.3) is 5.91 Å². The summed E-state index contributed by atoms with van der Waals surface area (Å²) in [6.45, 7) is -0.620. The van der Waals surface area contributed by atoms with Crippen LogP contribution in [0.15, 0.2) is 47.5 Å². The average Bonchev–Trinajstić information content (AvgIpc) is 3.14. The van der Waals surface area contributed by atoms with Gasteiger partial charge in [-0.3, -0.25) is 4.79 Å². The molecule has 0 fully saturated rings. The van der Waals surface area contributed by atoms with Crippen molar-refractivity contribution < 1.29 is 32.3 Å². The third-order valence-corrected chi connectivity index (χ3v) is 4.19. The van der Waals surface area contributed by atoms with E-state index >= 15 is 0 Å². The van der Waals surface area contributed by atoms with E-state index in [4.69, 9.17) is 16.4 Å². The molecule has 1 heterocycles. The molecule has 154 valence electrons. The molecule has 6 nitrogen and oxygen atoms in total. The summed E-state index contributed by atoms with van der Waals surface area (Å²) in [6, 6.07) is 6.57. The van der Waals surface area contributed by atoms with E-state index in [0.29, 0.717) is 0 Å². The van der Waals surface area contributed by atoms with E-state index in [1.54, 1.807) is 0 Å². The number of hydrogen-bond acceptors (Lipinski definition) is 5. The van der Waals surface area contributed by atoms with Crippen LogP contribution in [0.3, 0.4) is 0 Å². The Hall–Kier alpha value is -2.69. The SMILES string of the molecule is O=C(N[C@@H](CO)C1=NC(c2cccc(C(F)(F)F)c2)NO1)c1cc(F)cc(Cl)c1. The van der Waals surface area contributed by atoms with Crippen molar-refractivity contribution in [2.45, 2.75) is 18.4 Å². The monoisotopic (exact) mass is 431 g/mol. The van der Waals surface area contributed by atoms with E-state index in [9.17, 15) is 27.5 Å². The summed E-state index contributed by atoms with van der Waals surface area (Å²) < 4.78 is 52.0. The highest BCUT2D eigenvalue weighted by Crippen LogP contribution is 2.31. The van der Waals surface area contributed by atoms with Crippen LogP contribution in [-0.4, -0.2) is 29.6 Å². The standard InChI is InChI=1S/C18H14ClF4N3O3/c19-12-5-10(6-13(20)7-12)16(28)24-14(8-27)17-25-15(26-29-17)9-2-1-3-11(4-9)18(21,22)23/h1-7,14-15,26-27H,8H2,(H,24,28)/t14-,15?/m0/s1. The third-order valence-electron chi connectivity index (χ3n) is 3.97. The number of hydrogen-bond donors (Lipinski definition) is 3. The number of carbonyl (C=O) groups excluding carboxylic acids is 1. The van der Waals surface area contributed by atoms with Crippen molar-refractivity contribution in [3.05, 3.63) is 70.0 Å². The summed E-state index contributed by atoms with van der Waals surface area (Å²) in [5.74, 6) is -1.62. The lowest BCUT2D eigenvalue weighted by molar-refractivity contribution is -0.137. The van der Waals surface area contributed by atoms with E-state index in [2.05, 4.69) is 15.8 Å². The number of aliphatic imine (C=N–C) groups is 1. The molecule has 1 aliphatic heterocycles. The second-order valence-corrected chi connectivity index (χ2v) is 6.52. The van der Waals surface area contributed by atoms with Crippen LogP contribution in [-0.2, 0) is 11.0 Å². The van der Waals surface area contributed by atoms with Crippen LogP contribution in [0.4, 0.5) is 17.6 Å². The number of nitrogens with one attached hydrogen (secondary N) is 2. The Kier molecular flexibility index (Phi) is 6.06. The number of benzene rings is 2. The normalized spacial score (nSPS) is 17.4. The molecule has 0 aliphatic carbocycles. The summed E-state index contributed by atoms with van der Waals surface area (Å²) in [6.07, 6.45) is -5.49. The Morgan fingerprint density at radius 3 is 2.72 bits per heavy atom. The van der Waals surface area contributed by atoms with Crippen molar-refractivity contribution >= 4 is 23.4 Å². The zero-order chi connectivity index (χ0) is 21.2. The fourth-order valence-electron chi connectivity index (χ4n) is 2.60. The van der Waals surface area contributed by atoms with Gasteiger partial charge in [-0.2, -0.15) is 13.2 Å². The highest BCUT2D eigenvalue weighted by atomic mass is 35.5. The van der Waals surface area contributed by atoms with Gasteiger partial charge >= 0.3 is 6.18 Å². The molecule has 3 N–H and O–H groups in total. The zero-order valence-electron chi connectivity index (χ0n) is 14.5. The van der Waals surface area contributed by atoms with Crippen molar-refractivity contribution in [2.24, 2.45) is 4.99 Å². The predicted molar refractivity (Wildman–Crippen MR) is 95.6 cm³/mol. The quantitative estimate of drug-likeness (QED) is 0.635. The lowest BCUT2D eigenvalue weighted by atomic mass is 10.1. The maximum Gasteiger partial charge on any atom is 0.416 e. The maximum absolute atomic E-state index is 13.4. The van der Waals surface area contributed by atoms with E-state index in [0.717, 1.165) is 24.3 Å². The van der Waals surface area contributed by atoms with Crippen LogP contribution in [0.1, 0.15) is 27.7 Å². The minimum absolute atomic E-state index is 0.0106. The van der Waals surface area contributed by atoms with Crippen LogP contribution < -0.4 is 10.8 Å². The number of rotatable bonds is 5. The molecule has 0 aromatic heterocycles. The van der Waals surface area contributed by atoms with E-state index in [-0.39, 0.29) is 22.0 Å². The van der Waals surface area contributed by atoms with Crippen molar-refractivity contribution in [2.75, 3.05) is 6.61 Å². The number of nitrogens with zero attached hydrogens (tertiary/aromatic N) is 1. The van der Waals surface area contributed by atoms with Gasteiger partial charge in [-0.15, -0.1) is 5.48 Å². The molecule has 1 aliphatic rings. The number of alkyl halides is 3. The molecule has 0 radical (unpaired) electrons. The van der Waals surface area contributed by atoms with Gasteiger partial charge < -0.3 is 15.3 Å². The van der Waals surface area contributed by atoms with Gasteiger partial charge in [-0.05, 0) is 35.9 Å². The highest BCUT2D eigenvalue weighted by molar-refractivity contribution is 6.31. The zero-order valence-corrected chi connectivity index (χ0v) is 15.3. The molecule has 29 heavy (non-hydrogen) atoms. The molecule has 0 saturated heterocycles. The fraction of sp³-hybridized carbons (Fsp3) is 0.222. The van der Waals surface area contributed by atoms with Crippen LogP contribution in [0.25, 0.3) is 0 Å². The largest absolute Gasteiger partial charge is 0.416 e. The smallest absolute Gasteiger partial charge is 0.394 e. The topological polar surface area (TPSA) is 83.0 Å². The van der Waals surface area contributed by atoms with Crippen molar-refractivity contribution in [3.8, 4) is 0 Å². The fourth-order valence-corrected chi connectivity index (χ4v) is 2.82. The Labute approximate surface area is 167 Å². The van der Waals surface area contributed by atoms with Crippen molar-refractivity contribution in [1.29, 1.82) is 0 Å². The molecule has 2 aromatic rings. The number of aliphatic hydroxyl groups excluding tert-OH is 1. The van der Waals surface area contributed by atoms with Crippen molar-refractivity contribution in [3.63, 3.8) is 0 Å². The molecule has 2 aromatic carbocycles. The molecular formula is C18H14ClF4N3O3. The second-order valence-electron chi connectivity index (χ2n) is 6.08. The highest BCUT2D eigenvalue weighted by Gasteiger charge is 2.33. The molecule has 1 unspecified atom stereocenters. The second kappa shape index (κ2) is 8.36. The maximum atomic E-state index is 13.4.